The van der Waals surface area contributed by atoms with Crippen molar-refractivity contribution in [2.45, 2.75) is 25.3 Å². The standard InChI is InChI=1S/C14H15NO2/c1-2-5-12(15)13(16)11-8-3-6-10-7-4-9-17-14(10)11/h1,3,6,8,12H,4-5,7,9,15H2. The number of para-hydroxylation sites is 1. The molecule has 0 aliphatic carbocycles. The van der Waals surface area contributed by atoms with Gasteiger partial charge in [0.05, 0.1) is 18.2 Å². The molecule has 0 bridgehead atoms. The number of ether oxygens (including phenoxy) is 1. The van der Waals surface area contributed by atoms with Crippen LogP contribution in [-0.2, 0) is 6.42 Å². The number of carbonyl (C=O) groups excluding carboxylic acids is 1. The van der Waals surface area contributed by atoms with E-state index in [0.717, 1.165) is 18.4 Å². The smallest absolute Gasteiger partial charge is 0.184 e. The van der Waals surface area contributed by atoms with E-state index < -0.39 is 6.04 Å². The van der Waals surface area contributed by atoms with Gasteiger partial charge in [0.15, 0.2) is 5.78 Å². The number of nitrogens with two attached hydrogens (primary N) is 1. The first-order valence-corrected chi connectivity index (χ1v) is 5.72. The zero-order valence-electron chi connectivity index (χ0n) is 9.61. The minimum Gasteiger partial charge on any atom is -0.493 e. The third-order valence-electron chi connectivity index (χ3n) is 2.87. The monoisotopic (exact) mass is 229 g/mol. The van der Waals surface area contributed by atoms with Crippen molar-refractivity contribution in [2.75, 3.05) is 6.61 Å². The van der Waals surface area contributed by atoms with Crippen LogP contribution in [0.3, 0.4) is 0 Å². The van der Waals surface area contributed by atoms with Crippen LogP contribution in [0.2, 0.25) is 0 Å². The first-order chi connectivity index (χ1) is 8.24. The Morgan fingerprint density at radius 3 is 3.18 bits per heavy atom. The molecule has 1 aliphatic rings. The Morgan fingerprint density at radius 2 is 2.41 bits per heavy atom. The van der Waals surface area contributed by atoms with Crippen LogP contribution < -0.4 is 10.5 Å². The third kappa shape index (κ3) is 2.32. The number of rotatable bonds is 3. The van der Waals surface area contributed by atoms with Crippen LogP contribution in [0.1, 0.15) is 28.8 Å². The lowest BCUT2D eigenvalue weighted by Gasteiger charge is -2.20. The summed E-state index contributed by atoms with van der Waals surface area (Å²) >= 11 is 0. The van der Waals surface area contributed by atoms with E-state index in [1.54, 1.807) is 6.07 Å². The average Bonchev–Trinajstić information content (AvgIpc) is 2.37. The molecule has 17 heavy (non-hydrogen) atoms. The first kappa shape index (κ1) is 11.7. The maximum atomic E-state index is 12.1. The Bertz CT molecular complexity index is 474. The SMILES string of the molecule is C#CCC(N)C(=O)c1cccc2c1OCCC2. The molecular weight excluding hydrogens is 214 g/mol. The minimum atomic E-state index is -0.642. The second-order valence-corrected chi connectivity index (χ2v) is 4.12. The maximum Gasteiger partial charge on any atom is 0.184 e. The van der Waals surface area contributed by atoms with Gasteiger partial charge in [0.25, 0.3) is 0 Å². The molecule has 1 aromatic rings. The summed E-state index contributed by atoms with van der Waals surface area (Å²) in [7, 11) is 0. The van der Waals surface area contributed by atoms with Crippen molar-refractivity contribution in [3.05, 3.63) is 29.3 Å². The van der Waals surface area contributed by atoms with Crippen LogP contribution in [0.5, 0.6) is 5.75 Å². The number of aryl methyl sites for hydroxylation is 1. The Hall–Kier alpha value is -1.79. The topological polar surface area (TPSA) is 52.3 Å². The second kappa shape index (κ2) is 5.03. The fraction of sp³-hybridized carbons (Fsp3) is 0.357. The molecule has 1 unspecified atom stereocenters. The second-order valence-electron chi connectivity index (χ2n) is 4.12. The van der Waals surface area contributed by atoms with Crippen molar-refractivity contribution < 1.29 is 9.53 Å². The summed E-state index contributed by atoms with van der Waals surface area (Å²) in [6, 6.07) is 4.96. The van der Waals surface area contributed by atoms with E-state index >= 15 is 0 Å². The molecular formula is C14H15NO2. The highest BCUT2D eigenvalue weighted by Gasteiger charge is 2.22. The third-order valence-corrected chi connectivity index (χ3v) is 2.87. The van der Waals surface area contributed by atoms with Crippen LogP contribution in [0, 0.1) is 12.3 Å². The highest BCUT2D eigenvalue weighted by Crippen LogP contribution is 2.29. The van der Waals surface area contributed by atoms with Crippen molar-refractivity contribution >= 4 is 5.78 Å². The molecule has 0 saturated carbocycles. The number of hydrogen-bond donors (Lipinski definition) is 1. The quantitative estimate of drug-likeness (QED) is 0.632. The van der Waals surface area contributed by atoms with Crippen LogP contribution in [0.4, 0.5) is 0 Å². The lowest BCUT2D eigenvalue weighted by Crippen LogP contribution is -2.30. The van der Waals surface area contributed by atoms with Gasteiger partial charge in [0, 0.05) is 6.42 Å². The number of carbonyl (C=O) groups is 1. The highest BCUT2D eigenvalue weighted by atomic mass is 16.5. The summed E-state index contributed by atoms with van der Waals surface area (Å²) in [5, 5.41) is 0. The van der Waals surface area contributed by atoms with Crippen molar-refractivity contribution in [1.82, 2.24) is 0 Å². The summed E-state index contributed by atoms with van der Waals surface area (Å²) in [6.07, 6.45) is 7.35. The van der Waals surface area contributed by atoms with E-state index in [4.69, 9.17) is 16.9 Å². The Kier molecular flexibility index (Phi) is 3.46. The van der Waals surface area contributed by atoms with Crippen LogP contribution >= 0.6 is 0 Å². The van der Waals surface area contributed by atoms with Crippen LogP contribution in [0.25, 0.3) is 0 Å². The summed E-state index contributed by atoms with van der Waals surface area (Å²) in [5.74, 6) is 2.97. The molecule has 1 heterocycles. The molecule has 0 saturated heterocycles. The van der Waals surface area contributed by atoms with Crippen molar-refractivity contribution in [3.63, 3.8) is 0 Å². The molecule has 3 nitrogen and oxygen atoms in total. The molecule has 0 amide bonds. The van der Waals surface area contributed by atoms with Crippen molar-refractivity contribution in [3.8, 4) is 18.1 Å². The minimum absolute atomic E-state index is 0.137. The molecule has 1 atom stereocenters. The van der Waals surface area contributed by atoms with Gasteiger partial charge in [-0.25, -0.2) is 0 Å². The summed E-state index contributed by atoms with van der Waals surface area (Å²) < 4.78 is 5.58. The first-order valence-electron chi connectivity index (χ1n) is 5.72. The van der Waals surface area contributed by atoms with E-state index in [9.17, 15) is 4.79 Å². The van der Waals surface area contributed by atoms with Crippen LogP contribution in [-0.4, -0.2) is 18.4 Å². The number of terminal acetylenes is 1. The largest absolute Gasteiger partial charge is 0.493 e. The summed E-state index contributed by atoms with van der Waals surface area (Å²) in [5.41, 5.74) is 7.38. The molecule has 0 fully saturated rings. The number of Topliss-reactive ketones (excluding diaryl/α,β-unsaturated/α-hetero) is 1. The molecule has 1 aliphatic heterocycles. The van der Waals surface area contributed by atoms with Crippen molar-refractivity contribution in [1.29, 1.82) is 0 Å². The number of hydrogen-bond acceptors (Lipinski definition) is 3. The Morgan fingerprint density at radius 1 is 1.59 bits per heavy atom. The highest BCUT2D eigenvalue weighted by molar-refractivity contribution is 6.02. The van der Waals surface area contributed by atoms with Crippen molar-refractivity contribution in [2.24, 2.45) is 5.73 Å². The fourth-order valence-electron chi connectivity index (χ4n) is 2.00. The van der Waals surface area contributed by atoms with Gasteiger partial charge in [-0.3, -0.25) is 4.79 Å². The van der Waals surface area contributed by atoms with Gasteiger partial charge >= 0.3 is 0 Å². The molecule has 3 heteroatoms. The zero-order chi connectivity index (χ0) is 12.3. The maximum absolute atomic E-state index is 12.1. The predicted octanol–water partition coefficient (Wildman–Crippen LogP) is 1.54. The van der Waals surface area contributed by atoms with Gasteiger partial charge in [-0.15, -0.1) is 12.3 Å². The number of ketones is 1. The Balaban J connectivity index is 2.33. The molecule has 1 aromatic carbocycles. The fourth-order valence-corrected chi connectivity index (χ4v) is 2.00. The average molecular weight is 229 g/mol. The van der Waals surface area contributed by atoms with Gasteiger partial charge < -0.3 is 10.5 Å². The molecule has 0 aromatic heterocycles. The van der Waals surface area contributed by atoms with E-state index in [2.05, 4.69) is 5.92 Å². The number of fused-ring (bicyclic) bond motifs is 1. The van der Waals surface area contributed by atoms with Gasteiger partial charge in [-0.1, -0.05) is 12.1 Å². The van der Waals surface area contributed by atoms with E-state index in [1.165, 1.54) is 0 Å². The van der Waals surface area contributed by atoms with Crippen LogP contribution in [0.15, 0.2) is 18.2 Å². The molecule has 88 valence electrons. The zero-order valence-corrected chi connectivity index (χ0v) is 9.61. The molecule has 2 N–H and O–H groups in total. The van der Waals surface area contributed by atoms with Gasteiger partial charge in [0.2, 0.25) is 0 Å². The summed E-state index contributed by atoms with van der Waals surface area (Å²) in [4.78, 5) is 12.1. The molecule has 2 rings (SSSR count). The van der Waals surface area contributed by atoms with E-state index in [0.29, 0.717) is 17.9 Å². The van der Waals surface area contributed by atoms with Gasteiger partial charge in [-0.05, 0) is 24.5 Å². The Labute approximate surface area is 101 Å². The molecule has 0 spiro atoms. The lowest BCUT2D eigenvalue weighted by atomic mass is 9.96. The van der Waals surface area contributed by atoms with E-state index in [1.807, 2.05) is 12.1 Å². The normalized spacial score (nSPS) is 15.3. The predicted molar refractivity (Wildman–Crippen MR) is 66.0 cm³/mol. The van der Waals surface area contributed by atoms with Gasteiger partial charge in [0.1, 0.15) is 5.75 Å². The summed E-state index contributed by atoms with van der Waals surface area (Å²) in [6.45, 7) is 0.654. The number of benzene rings is 1. The lowest BCUT2D eigenvalue weighted by molar-refractivity contribution is 0.0958. The molecule has 0 radical (unpaired) electrons. The van der Waals surface area contributed by atoms with Gasteiger partial charge in [-0.2, -0.15) is 0 Å². The van der Waals surface area contributed by atoms with E-state index in [-0.39, 0.29) is 12.2 Å².